The zero-order valence-corrected chi connectivity index (χ0v) is 13.5. The lowest BCUT2D eigenvalue weighted by molar-refractivity contribution is -0.385. The Bertz CT molecular complexity index is 1000. The molecule has 3 aromatic carbocycles. The number of carbonyl (C=O) groups is 2. The number of nitrogens with one attached hydrogen (secondary N) is 1. The van der Waals surface area contributed by atoms with Gasteiger partial charge in [0, 0.05) is 17.3 Å². The zero-order chi connectivity index (χ0) is 18.5. The molecule has 0 saturated heterocycles. The Kier molecular flexibility index (Phi) is 4.89. The van der Waals surface area contributed by atoms with Crippen LogP contribution in [0.1, 0.15) is 10.4 Å². The van der Waals surface area contributed by atoms with Gasteiger partial charge in [-0.3, -0.25) is 19.7 Å². The van der Waals surface area contributed by atoms with Gasteiger partial charge >= 0.3 is 5.69 Å². The lowest BCUT2D eigenvalue weighted by Gasteiger charge is -2.09. The van der Waals surface area contributed by atoms with E-state index in [0.29, 0.717) is 12.0 Å². The molecule has 7 heteroatoms. The van der Waals surface area contributed by atoms with Gasteiger partial charge in [0.15, 0.2) is 12.4 Å². The molecule has 0 saturated carbocycles. The van der Waals surface area contributed by atoms with Crippen LogP contribution in [0.4, 0.5) is 11.4 Å². The number of nitrogens with zero attached hydrogens (tertiary/aromatic N) is 1. The number of ether oxygens (including phenoxy) is 1. The normalized spacial score (nSPS) is 10.3. The molecule has 0 aromatic heterocycles. The van der Waals surface area contributed by atoms with E-state index in [2.05, 4.69) is 5.32 Å². The van der Waals surface area contributed by atoms with Crippen molar-refractivity contribution >= 4 is 34.3 Å². The van der Waals surface area contributed by atoms with Gasteiger partial charge in [-0.05, 0) is 35.0 Å². The third kappa shape index (κ3) is 3.84. The van der Waals surface area contributed by atoms with E-state index in [-0.39, 0.29) is 17.0 Å². The van der Waals surface area contributed by atoms with Gasteiger partial charge in [-0.15, -0.1) is 0 Å². The van der Waals surface area contributed by atoms with Crippen molar-refractivity contribution in [2.45, 2.75) is 0 Å². The number of benzene rings is 3. The number of anilines is 1. The third-order valence-corrected chi connectivity index (χ3v) is 3.71. The first-order chi connectivity index (χ1) is 12.6. The van der Waals surface area contributed by atoms with Crippen LogP contribution < -0.4 is 10.1 Å². The third-order valence-electron chi connectivity index (χ3n) is 3.71. The predicted octanol–water partition coefficient (Wildman–Crippen LogP) is 3.58. The van der Waals surface area contributed by atoms with Gasteiger partial charge in [-0.2, -0.15) is 0 Å². The lowest BCUT2D eigenvalue weighted by Crippen LogP contribution is -2.20. The van der Waals surface area contributed by atoms with Crippen LogP contribution in [0.25, 0.3) is 10.8 Å². The maximum Gasteiger partial charge on any atom is 0.311 e. The molecule has 26 heavy (non-hydrogen) atoms. The summed E-state index contributed by atoms with van der Waals surface area (Å²) in [6, 6.07) is 17.0. The molecule has 1 amide bonds. The van der Waals surface area contributed by atoms with Crippen molar-refractivity contribution in [2.75, 3.05) is 11.9 Å². The lowest BCUT2D eigenvalue weighted by atomic mass is 10.1. The minimum atomic E-state index is -0.663. The van der Waals surface area contributed by atoms with E-state index < -0.39 is 17.4 Å². The minimum absolute atomic E-state index is 0.0748. The molecule has 0 unspecified atom stereocenters. The summed E-state index contributed by atoms with van der Waals surface area (Å²) in [5.41, 5.74) is 0.390. The standard InChI is InChI=1S/C19H14N2O5/c22-11-13-5-8-18(17(9-13)21(24)25)26-12-19(23)20-16-7-6-14-3-1-2-4-15(14)10-16/h1-11H,12H2,(H,20,23). The molecule has 0 bridgehead atoms. The predicted molar refractivity (Wildman–Crippen MR) is 96.6 cm³/mol. The summed E-state index contributed by atoms with van der Waals surface area (Å²) >= 11 is 0. The fraction of sp³-hybridized carbons (Fsp3) is 0.0526. The highest BCUT2D eigenvalue weighted by Gasteiger charge is 2.17. The van der Waals surface area contributed by atoms with Crippen molar-refractivity contribution in [3.05, 3.63) is 76.3 Å². The van der Waals surface area contributed by atoms with Gasteiger partial charge < -0.3 is 10.1 Å². The fourth-order valence-electron chi connectivity index (χ4n) is 2.48. The summed E-state index contributed by atoms with van der Waals surface area (Å²) in [6.45, 7) is -0.395. The summed E-state index contributed by atoms with van der Waals surface area (Å²) in [6.07, 6.45) is 0.503. The van der Waals surface area contributed by atoms with Gasteiger partial charge in [0.1, 0.15) is 6.29 Å². The quantitative estimate of drug-likeness (QED) is 0.416. The van der Waals surface area contributed by atoms with Crippen molar-refractivity contribution < 1.29 is 19.2 Å². The molecule has 0 radical (unpaired) electrons. The fourth-order valence-corrected chi connectivity index (χ4v) is 2.48. The largest absolute Gasteiger partial charge is 0.477 e. The molecule has 130 valence electrons. The van der Waals surface area contributed by atoms with Crippen LogP contribution in [0.3, 0.4) is 0 Å². The highest BCUT2D eigenvalue weighted by atomic mass is 16.6. The Hall–Kier alpha value is -3.74. The number of fused-ring (bicyclic) bond motifs is 1. The SMILES string of the molecule is O=Cc1ccc(OCC(=O)Nc2ccc3ccccc3c2)c([N+](=O)[O-])c1. The maximum absolute atomic E-state index is 12.1. The second kappa shape index (κ2) is 7.43. The molecule has 3 aromatic rings. The van der Waals surface area contributed by atoms with Gasteiger partial charge in [-0.25, -0.2) is 0 Å². The van der Waals surface area contributed by atoms with Crippen LogP contribution in [-0.4, -0.2) is 23.7 Å². The maximum atomic E-state index is 12.1. The highest BCUT2D eigenvalue weighted by Crippen LogP contribution is 2.27. The van der Waals surface area contributed by atoms with Gasteiger partial charge in [-0.1, -0.05) is 30.3 Å². The number of hydrogen-bond donors (Lipinski definition) is 1. The van der Waals surface area contributed by atoms with Gasteiger partial charge in [0.2, 0.25) is 0 Å². The van der Waals surface area contributed by atoms with Crippen molar-refractivity contribution in [1.82, 2.24) is 0 Å². The summed E-state index contributed by atoms with van der Waals surface area (Å²) in [4.78, 5) is 33.2. The molecule has 7 nitrogen and oxygen atoms in total. The molecule has 0 fully saturated rings. The monoisotopic (exact) mass is 350 g/mol. The van der Waals surface area contributed by atoms with E-state index in [0.717, 1.165) is 16.8 Å². The van der Waals surface area contributed by atoms with Crippen molar-refractivity contribution in [3.8, 4) is 5.75 Å². The van der Waals surface area contributed by atoms with Crippen LogP contribution in [0.15, 0.2) is 60.7 Å². The van der Waals surface area contributed by atoms with E-state index >= 15 is 0 Å². The van der Waals surface area contributed by atoms with E-state index in [4.69, 9.17) is 4.74 Å². The molecule has 0 aliphatic carbocycles. The Morgan fingerprint density at radius 3 is 2.58 bits per heavy atom. The molecule has 3 rings (SSSR count). The van der Waals surface area contributed by atoms with Crippen molar-refractivity contribution in [1.29, 1.82) is 0 Å². The number of rotatable bonds is 6. The van der Waals surface area contributed by atoms with Crippen molar-refractivity contribution in [3.63, 3.8) is 0 Å². The number of nitro benzene ring substituents is 1. The van der Waals surface area contributed by atoms with E-state index in [1.54, 1.807) is 6.07 Å². The van der Waals surface area contributed by atoms with Crippen LogP contribution in [0, 0.1) is 10.1 Å². The summed E-state index contributed by atoms with van der Waals surface area (Å²) in [5, 5.41) is 15.8. The molecule has 0 spiro atoms. The first kappa shape index (κ1) is 17.1. The highest BCUT2D eigenvalue weighted by molar-refractivity contribution is 5.95. The summed E-state index contributed by atoms with van der Waals surface area (Å²) in [7, 11) is 0. The molecular weight excluding hydrogens is 336 g/mol. The van der Waals surface area contributed by atoms with Crippen LogP contribution >= 0.6 is 0 Å². The average molecular weight is 350 g/mol. The summed E-state index contributed by atoms with van der Waals surface area (Å²) < 4.78 is 5.25. The van der Waals surface area contributed by atoms with Crippen LogP contribution in [0.5, 0.6) is 5.75 Å². The first-order valence-corrected chi connectivity index (χ1v) is 7.72. The molecule has 0 aliphatic rings. The Morgan fingerprint density at radius 1 is 1.08 bits per heavy atom. The molecular formula is C19H14N2O5. The number of amides is 1. The van der Waals surface area contributed by atoms with Gasteiger partial charge in [0.25, 0.3) is 5.91 Å². The van der Waals surface area contributed by atoms with E-state index in [9.17, 15) is 19.7 Å². The Labute approximate surface area is 148 Å². The minimum Gasteiger partial charge on any atom is -0.477 e. The van der Waals surface area contributed by atoms with Crippen LogP contribution in [0.2, 0.25) is 0 Å². The molecule has 1 N–H and O–H groups in total. The number of hydrogen-bond acceptors (Lipinski definition) is 5. The van der Waals surface area contributed by atoms with Gasteiger partial charge in [0.05, 0.1) is 4.92 Å². The van der Waals surface area contributed by atoms with Crippen LogP contribution in [-0.2, 0) is 4.79 Å². The number of nitro groups is 1. The molecule has 0 aliphatic heterocycles. The molecule has 0 atom stereocenters. The second-order valence-corrected chi connectivity index (χ2v) is 5.50. The average Bonchev–Trinajstić information content (AvgIpc) is 2.66. The second-order valence-electron chi connectivity index (χ2n) is 5.50. The Morgan fingerprint density at radius 2 is 1.85 bits per heavy atom. The zero-order valence-electron chi connectivity index (χ0n) is 13.5. The summed E-state index contributed by atoms with van der Waals surface area (Å²) in [5.74, 6) is -0.525. The topological polar surface area (TPSA) is 98.5 Å². The number of carbonyl (C=O) groups excluding carboxylic acids is 2. The Balaban J connectivity index is 1.68. The first-order valence-electron chi connectivity index (χ1n) is 7.72. The molecule has 0 heterocycles. The smallest absolute Gasteiger partial charge is 0.311 e. The van der Waals surface area contributed by atoms with E-state index in [1.165, 1.54) is 12.1 Å². The van der Waals surface area contributed by atoms with Crippen molar-refractivity contribution in [2.24, 2.45) is 0 Å². The number of aldehydes is 1. The van der Waals surface area contributed by atoms with E-state index in [1.807, 2.05) is 36.4 Å².